The quantitative estimate of drug-likeness (QED) is 0.814. The molecular formula is C13H17N5O2. The van der Waals surface area contributed by atoms with E-state index in [2.05, 4.69) is 15.6 Å². The van der Waals surface area contributed by atoms with E-state index in [1.54, 1.807) is 6.07 Å². The van der Waals surface area contributed by atoms with Crippen molar-refractivity contribution in [2.45, 2.75) is 19.3 Å². The van der Waals surface area contributed by atoms with Gasteiger partial charge in [0.2, 0.25) is 5.91 Å². The summed E-state index contributed by atoms with van der Waals surface area (Å²) < 4.78 is 4.70. The number of anilines is 2. The molecule has 7 heteroatoms. The SMILES string of the molecule is Nc1ccc(NCCC(=O)N2CCCC2)c2nonc12. The third-order valence-electron chi connectivity index (χ3n) is 3.56. The molecule has 0 bridgehead atoms. The van der Waals surface area contributed by atoms with Crippen LogP contribution in [0.2, 0.25) is 0 Å². The summed E-state index contributed by atoms with van der Waals surface area (Å²) >= 11 is 0. The summed E-state index contributed by atoms with van der Waals surface area (Å²) in [7, 11) is 0. The van der Waals surface area contributed by atoms with Gasteiger partial charge in [-0.05, 0) is 35.3 Å². The van der Waals surface area contributed by atoms with Crippen molar-refractivity contribution in [2.24, 2.45) is 0 Å². The van der Waals surface area contributed by atoms with Gasteiger partial charge < -0.3 is 16.0 Å². The molecule has 1 fully saturated rings. The number of nitrogens with one attached hydrogen (secondary N) is 1. The molecule has 0 spiro atoms. The molecule has 3 rings (SSSR count). The molecule has 0 saturated carbocycles. The zero-order chi connectivity index (χ0) is 13.9. The van der Waals surface area contributed by atoms with Crippen molar-refractivity contribution in [3.8, 4) is 0 Å². The monoisotopic (exact) mass is 275 g/mol. The van der Waals surface area contributed by atoms with Crippen LogP contribution in [0.4, 0.5) is 11.4 Å². The maximum atomic E-state index is 11.9. The highest BCUT2D eigenvalue weighted by Gasteiger charge is 2.17. The Hall–Kier alpha value is -2.31. The van der Waals surface area contributed by atoms with E-state index in [1.165, 1.54) is 0 Å². The van der Waals surface area contributed by atoms with E-state index in [4.69, 9.17) is 10.4 Å². The summed E-state index contributed by atoms with van der Waals surface area (Å²) in [5.41, 5.74) is 8.23. The number of hydrogen-bond acceptors (Lipinski definition) is 6. The maximum Gasteiger partial charge on any atom is 0.224 e. The fourth-order valence-corrected chi connectivity index (χ4v) is 2.46. The number of hydrogen-bond donors (Lipinski definition) is 2. The molecule has 20 heavy (non-hydrogen) atoms. The van der Waals surface area contributed by atoms with Crippen LogP contribution < -0.4 is 11.1 Å². The normalized spacial score (nSPS) is 14.9. The van der Waals surface area contributed by atoms with Crippen LogP contribution in [-0.4, -0.2) is 40.8 Å². The lowest BCUT2D eigenvalue weighted by molar-refractivity contribution is -0.129. The molecule has 7 nitrogen and oxygen atoms in total. The van der Waals surface area contributed by atoms with E-state index < -0.39 is 0 Å². The Labute approximate surface area is 116 Å². The van der Waals surface area contributed by atoms with Crippen molar-refractivity contribution in [1.29, 1.82) is 0 Å². The van der Waals surface area contributed by atoms with E-state index in [0.29, 0.717) is 29.7 Å². The van der Waals surface area contributed by atoms with Crippen molar-refractivity contribution in [3.63, 3.8) is 0 Å². The number of fused-ring (bicyclic) bond motifs is 1. The molecule has 106 valence electrons. The lowest BCUT2D eigenvalue weighted by Gasteiger charge is -2.15. The molecule has 1 aliphatic heterocycles. The Bertz CT molecular complexity index is 618. The Morgan fingerprint density at radius 2 is 2.05 bits per heavy atom. The van der Waals surface area contributed by atoms with Gasteiger partial charge in [-0.2, -0.15) is 0 Å². The topological polar surface area (TPSA) is 97.3 Å². The lowest BCUT2D eigenvalue weighted by Crippen LogP contribution is -2.29. The summed E-state index contributed by atoms with van der Waals surface area (Å²) in [5.74, 6) is 0.194. The number of nitrogen functional groups attached to an aromatic ring is 1. The van der Waals surface area contributed by atoms with E-state index in [0.717, 1.165) is 31.6 Å². The molecule has 3 N–H and O–H groups in total. The molecule has 1 amide bonds. The number of amides is 1. The molecule has 1 aliphatic rings. The van der Waals surface area contributed by atoms with Crippen molar-refractivity contribution < 1.29 is 9.42 Å². The number of aromatic nitrogens is 2. The lowest BCUT2D eigenvalue weighted by atomic mass is 10.2. The van der Waals surface area contributed by atoms with E-state index >= 15 is 0 Å². The Morgan fingerprint density at radius 3 is 2.85 bits per heavy atom. The molecule has 1 aromatic heterocycles. The zero-order valence-corrected chi connectivity index (χ0v) is 11.1. The second kappa shape index (κ2) is 5.36. The first-order valence-corrected chi connectivity index (χ1v) is 6.78. The highest BCUT2D eigenvalue weighted by molar-refractivity contribution is 5.95. The summed E-state index contributed by atoms with van der Waals surface area (Å²) in [6.07, 6.45) is 2.70. The molecule has 0 atom stereocenters. The van der Waals surface area contributed by atoms with Crippen molar-refractivity contribution in [3.05, 3.63) is 12.1 Å². The van der Waals surface area contributed by atoms with Crippen molar-refractivity contribution in [2.75, 3.05) is 30.7 Å². The van der Waals surface area contributed by atoms with Gasteiger partial charge in [-0.15, -0.1) is 0 Å². The number of carbonyl (C=O) groups is 1. The largest absolute Gasteiger partial charge is 0.397 e. The highest BCUT2D eigenvalue weighted by Crippen LogP contribution is 2.25. The summed E-state index contributed by atoms with van der Waals surface area (Å²) in [5, 5.41) is 10.8. The Balaban J connectivity index is 1.61. The number of benzene rings is 1. The molecular weight excluding hydrogens is 258 g/mol. The molecule has 1 aromatic carbocycles. The first kappa shape index (κ1) is 12.7. The number of nitrogens with two attached hydrogens (primary N) is 1. The molecule has 0 radical (unpaired) electrons. The number of rotatable bonds is 4. The van der Waals surface area contributed by atoms with Gasteiger partial charge in [-0.1, -0.05) is 0 Å². The fraction of sp³-hybridized carbons (Fsp3) is 0.462. The smallest absolute Gasteiger partial charge is 0.224 e. The average molecular weight is 275 g/mol. The minimum atomic E-state index is 0.194. The zero-order valence-electron chi connectivity index (χ0n) is 11.1. The number of nitrogens with zero attached hydrogens (tertiary/aromatic N) is 3. The minimum absolute atomic E-state index is 0.194. The summed E-state index contributed by atoms with van der Waals surface area (Å²) in [6.45, 7) is 2.33. The third kappa shape index (κ3) is 2.38. The van der Waals surface area contributed by atoms with Gasteiger partial charge in [0, 0.05) is 26.1 Å². The van der Waals surface area contributed by atoms with Gasteiger partial charge >= 0.3 is 0 Å². The Morgan fingerprint density at radius 1 is 1.30 bits per heavy atom. The van der Waals surface area contributed by atoms with Gasteiger partial charge in [0.15, 0.2) is 11.0 Å². The number of likely N-dealkylation sites (tertiary alicyclic amines) is 1. The predicted octanol–water partition coefficient (Wildman–Crippen LogP) is 1.23. The van der Waals surface area contributed by atoms with Crippen LogP contribution in [0.5, 0.6) is 0 Å². The highest BCUT2D eigenvalue weighted by atomic mass is 16.6. The first-order chi connectivity index (χ1) is 9.75. The molecule has 2 heterocycles. The molecule has 0 unspecified atom stereocenters. The second-order valence-corrected chi connectivity index (χ2v) is 4.93. The molecule has 0 aliphatic carbocycles. The van der Waals surface area contributed by atoms with E-state index in [-0.39, 0.29) is 5.91 Å². The molecule has 1 saturated heterocycles. The van der Waals surface area contributed by atoms with Crippen LogP contribution >= 0.6 is 0 Å². The van der Waals surface area contributed by atoms with Crippen LogP contribution in [0, 0.1) is 0 Å². The second-order valence-electron chi connectivity index (χ2n) is 4.93. The molecule has 2 aromatic rings. The van der Waals surface area contributed by atoms with Gasteiger partial charge in [0.1, 0.15) is 0 Å². The van der Waals surface area contributed by atoms with E-state index in [9.17, 15) is 4.79 Å². The average Bonchev–Trinajstić information content (AvgIpc) is 3.12. The Kier molecular flexibility index (Phi) is 3.41. The van der Waals surface area contributed by atoms with Gasteiger partial charge in [-0.25, -0.2) is 4.63 Å². The van der Waals surface area contributed by atoms with Crippen LogP contribution in [0.3, 0.4) is 0 Å². The van der Waals surface area contributed by atoms with Crippen molar-refractivity contribution in [1.82, 2.24) is 15.2 Å². The standard InChI is InChI=1S/C13H17N5O2/c14-9-3-4-10(13-12(9)16-20-17-13)15-6-5-11(19)18-7-1-2-8-18/h3-4,15H,1-2,5-8,14H2. The minimum Gasteiger partial charge on any atom is -0.397 e. The van der Waals surface area contributed by atoms with Crippen LogP contribution in [-0.2, 0) is 4.79 Å². The first-order valence-electron chi connectivity index (χ1n) is 6.78. The van der Waals surface area contributed by atoms with Crippen LogP contribution in [0.1, 0.15) is 19.3 Å². The number of carbonyl (C=O) groups excluding carboxylic acids is 1. The predicted molar refractivity (Wildman–Crippen MR) is 75.1 cm³/mol. The van der Waals surface area contributed by atoms with Crippen LogP contribution in [0.15, 0.2) is 16.8 Å². The van der Waals surface area contributed by atoms with Gasteiger partial charge in [0.25, 0.3) is 0 Å². The van der Waals surface area contributed by atoms with E-state index in [1.807, 2.05) is 11.0 Å². The summed E-state index contributed by atoms with van der Waals surface area (Å²) in [6, 6.07) is 3.57. The van der Waals surface area contributed by atoms with Gasteiger partial charge in [0.05, 0.1) is 11.4 Å². The van der Waals surface area contributed by atoms with Crippen molar-refractivity contribution >= 4 is 28.3 Å². The van der Waals surface area contributed by atoms with Gasteiger partial charge in [-0.3, -0.25) is 4.79 Å². The van der Waals surface area contributed by atoms with Crippen LogP contribution in [0.25, 0.3) is 11.0 Å². The maximum absolute atomic E-state index is 11.9. The summed E-state index contributed by atoms with van der Waals surface area (Å²) in [4.78, 5) is 13.8. The fourth-order valence-electron chi connectivity index (χ4n) is 2.46. The third-order valence-corrected chi connectivity index (χ3v) is 3.56.